The van der Waals surface area contributed by atoms with Gasteiger partial charge in [0.05, 0.1) is 11.9 Å². The number of nitrogens with one attached hydrogen (secondary N) is 1. The second-order valence-corrected chi connectivity index (χ2v) is 5.86. The summed E-state index contributed by atoms with van der Waals surface area (Å²) in [6.07, 6.45) is 1.69. The molecule has 0 bridgehead atoms. The summed E-state index contributed by atoms with van der Waals surface area (Å²) >= 11 is 7.75. The smallest absolute Gasteiger partial charge is 0.128 e. The van der Waals surface area contributed by atoms with Crippen molar-refractivity contribution in [3.8, 4) is 0 Å². The highest BCUT2D eigenvalue weighted by Crippen LogP contribution is 2.25. The van der Waals surface area contributed by atoms with E-state index in [1.165, 1.54) is 10.5 Å². The lowest BCUT2D eigenvalue weighted by molar-refractivity contribution is 0.651. The molecule has 0 spiro atoms. The van der Waals surface area contributed by atoms with Crippen molar-refractivity contribution in [1.82, 2.24) is 14.9 Å². The van der Waals surface area contributed by atoms with Crippen molar-refractivity contribution >= 4 is 23.4 Å². The van der Waals surface area contributed by atoms with Crippen LogP contribution in [0.5, 0.6) is 0 Å². The number of thioether (sulfide) groups is 1. The van der Waals surface area contributed by atoms with Gasteiger partial charge in [-0.05, 0) is 31.7 Å². The van der Waals surface area contributed by atoms with E-state index in [1.54, 1.807) is 18.0 Å². The van der Waals surface area contributed by atoms with Crippen LogP contribution in [0.15, 0.2) is 35.4 Å². The van der Waals surface area contributed by atoms with E-state index >= 15 is 0 Å². The second-order valence-electron chi connectivity index (χ2n) is 4.43. The zero-order chi connectivity index (χ0) is 13.8. The van der Waals surface area contributed by atoms with Crippen LogP contribution in [0, 0.1) is 0 Å². The minimum absolute atomic E-state index is 0.364. The molecule has 5 heteroatoms. The van der Waals surface area contributed by atoms with Crippen LogP contribution in [-0.4, -0.2) is 16.6 Å². The Morgan fingerprint density at radius 3 is 2.89 bits per heavy atom. The van der Waals surface area contributed by atoms with Gasteiger partial charge < -0.3 is 9.88 Å². The number of nitrogens with zero attached hydrogens (tertiary/aromatic N) is 2. The first kappa shape index (κ1) is 14.4. The van der Waals surface area contributed by atoms with Gasteiger partial charge in [-0.3, -0.25) is 0 Å². The Morgan fingerprint density at radius 1 is 1.47 bits per heavy atom. The van der Waals surface area contributed by atoms with E-state index in [2.05, 4.69) is 41.5 Å². The fourth-order valence-corrected chi connectivity index (χ4v) is 2.85. The van der Waals surface area contributed by atoms with Crippen LogP contribution in [0.4, 0.5) is 0 Å². The van der Waals surface area contributed by atoms with Crippen molar-refractivity contribution in [2.75, 3.05) is 7.05 Å². The number of benzene rings is 1. The summed E-state index contributed by atoms with van der Waals surface area (Å²) in [7, 11) is 3.91. The quantitative estimate of drug-likeness (QED) is 0.854. The van der Waals surface area contributed by atoms with Crippen molar-refractivity contribution in [2.24, 2.45) is 7.05 Å². The molecule has 1 heterocycles. The van der Waals surface area contributed by atoms with Gasteiger partial charge in [0.1, 0.15) is 11.0 Å². The molecule has 0 aliphatic carbocycles. The van der Waals surface area contributed by atoms with Gasteiger partial charge in [-0.15, -0.1) is 11.8 Å². The summed E-state index contributed by atoms with van der Waals surface area (Å²) in [4.78, 5) is 5.55. The highest BCUT2D eigenvalue weighted by molar-refractivity contribution is 7.98. The molecule has 3 nitrogen and oxygen atoms in total. The standard InChI is InChI=1S/C14H18ClN3S/c1-10(16-2)11-5-4-6-12(7-11)19-9-14-17-8-13(15)18(14)3/h4-8,10,16H,9H2,1-3H3. The predicted octanol–water partition coefficient (Wildman–Crippen LogP) is 3.65. The van der Waals surface area contributed by atoms with E-state index in [9.17, 15) is 0 Å². The minimum atomic E-state index is 0.364. The monoisotopic (exact) mass is 295 g/mol. The third-order valence-corrected chi connectivity index (χ3v) is 4.53. The van der Waals surface area contributed by atoms with Crippen molar-refractivity contribution in [2.45, 2.75) is 23.6 Å². The van der Waals surface area contributed by atoms with E-state index in [0.29, 0.717) is 11.2 Å². The van der Waals surface area contributed by atoms with Crippen LogP contribution < -0.4 is 5.32 Å². The van der Waals surface area contributed by atoms with Gasteiger partial charge in [0, 0.05) is 18.0 Å². The Kier molecular flexibility index (Phi) is 4.91. The van der Waals surface area contributed by atoms with Crippen LogP contribution >= 0.6 is 23.4 Å². The molecule has 1 atom stereocenters. The van der Waals surface area contributed by atoms with E-state index < -0.39 is 0 Å². The molecule has 1 unspecified atom stereocenters. The molecule has 1 N–H and O–H groups in total. The summed E-state index contributed by atoms with van der Waals surface area (Å²) in [5, 5.41) is 3.93. The molecular weight excluding hydrogens is 278 g/mol. The number of rotatable bonds is 5. The zero-order valence-electron chi connectivity index (χ0n) is 11.4. The summed E-state index contributed by atoms with van der Waals surface area (Å²) in [6.45, 7) is 2.16. The second kappa shape index (κ2) is 6.46. The molecule has 1 aromatic heterocycles. The highest BCUT2D eigenvalue weighted by Gasteiger charge is 2.07. The predicted molar refractivity (Wildman–Crippen MR) is 81.7 cm³/mol. The molecule has 0 saturated carbocycles. The molecule has 2 rings (SSSR count). The van der Waals surface area contributed by atoms with Gasteiger partial charge in [-0.1, -0.05) is 23.7 Å². The highest BCUT2D eigenvalue weighted by atomic mass is 35.5. The topological polar surface area (TPSA) is 29.9 Å². The third-order valence-electron chi connectivity index (χ3n) is 3.19. The largest absolute Gasteiger partial charge is 0.322 e. The third kappa shape index (κ3) is 3.53. The van der Waals surface area contributed by atoms with E-state index in [0.717, 1.165) is 11.6 Å². The SMILES string of the molecule is CNC(C)c1cccc(SCc2ncc(Cl)n2C)c1. The van der Waals surface area contributed by atoms with Gasteiger partial charge in [-0.2, -0.15) is 0 Å². The van der Waals surface area contributed by atoms with Gasteiger partial charge in [0.2, 0.25) is 0 Å². The first-order chi connectivity index (χ1) is 9.11. The molecule has 1 aromatic carbocycles. The van der Waals surface area contributed by atoms with Gasteiger partial charge in [-0.25, -0.2) is 4.98 Å². The lowest BCUT2D eigenvalue weighted by atomic mass is 10.1. The average Bonchev–Trinajstić information content (AvgIpc) is 2.76. The molecule has 102 valence electrons. The summed E-state index contributed by atoms with van der Waals surface area (Å²) < 4.78 is 1.91. The first-order valence-electron chi connectivity index (χ1n) is 6.18. The Balaban J connectivity index is 2.05. The fraction of sp³-hybridized carbons (Fsp3) is 0.357. The normalized spacial score (nSPS) is 12.6. The first-order valence-corrected chi connectivity index (χ1v) is 7.54. The molecule has 0 saturated heterocycles. The lowest BCUT2D eigenvalue weighted by Crippen LogP contribution is -2.12. The van der Waals surface area contributed by atoms with Crippen LogP contribution in [-0.2, 0) is 12.8 Å². The summed E-state index contributed by atoms with van der Waals surface area (Å²) in [5.74, 6) is 1.81. The fourth-order valence-electron chi connectivity index (χ4n) is 1.75. The average molecular weight is 296 g/mol. The maximum atomic E-state index is 5.98. The maximum Gasteiger partial charge on any atom is 0.128 e. The van der Waals surface area contributed by atoms with Crippen molar-refractivity contribution in [3.05, 3.63) is 47.0 Å². The Morgan fingerprint density at radius 2 is 2.26 bits per heavy atom. The van der Waals surface area contributed by atoms with Crippen molar-refractivity contribution in [3.63, 3.8) is 0 Å². The zero-order valence-corrected chi connectivity index (χ0v) is 12.9. The van der Waals surface area contributed by atoms with Crippen molar-refractivity contribution in [1.29, 1.82) is 0 Å². The van der Waals surface area contributed by atoms with Crippen LogP contribution in [0.25, 0.3) is 0 Å². The number of halogens is 1. The summed E-state index contributed by atoms with van der Waals surface area (Å²) in [5.41, 5.74) is 1.30. The number of hydrogen-bond donors (Lipinski definition) is 1. The van der Waals surface area contributed by atoms with Crippen LogP contribution in [0.2, 0.25) is 5.15 Å². The summed E-state index contributed by atoms with van der Waals surface area (Å²) in [6, 6.07) is 8.94. The molecule has 0 amide bonds. The molecule has 0 aliphatic rings. The molecular formula is C14H18ClN3S. The minimum Gasteiger partial charge on any atom is -0.322 e. The molecule has 0 aliphatic heterocycles. The number of imidazole rings is 1. The van der Waals surface area contributed by atoms with Gasteiger partial charge in [0.25, 0.3) is 0 Å². The van der Waals surface area contributed by atoms with Crippen LogP contribution in [0.3, 0.4) is 0 Å². The Labute approximate surface area is 123 Å². The van der Waals surface area contributed by atoms with Gasteiger partial charge in [0.15, 0.2) is 0 Å². The van der Waals surface area contributed by atoms with Gasteiger partial charge >= 0.3 is 0 Å². The molecule has 2 aromatic rings. The Bertz CT molecular complexity index is 553. The number of hydrogen-bond acceptors (Lipinski definition) is 3. The lowest BCUT2D eigenvalue weighted by Gasteiger charge is -2.11. The van der Waals surface area contributed by atoms with Crippen LogP contribution in [0.1, 0.15) is 24.4 Å². The molecule has 0 fully saturated rings. The Hall–Kier alpha value is -0.970. The van der Waals surface area contributed by atoms with E-state index in [-0.39, 0.29) is 0 Å². The number of aromatic nitrogens is 2. The van der Waals surface area contributed by atoms with Crippen molar-refractivity contribution < 1.29 is 0 Å². The molecule has 19 heavy (non-hydrogen) atoms. The maximum absolute atomic E-state index is 5.98. The molecule has 0 radical (unpaired) electrons. The van der Waals surface area contributed by atoms with E-state index in [1.807, 2.05) is 18.7 Å². The van der Waals surface area contributed by atoms with E-state index in [4.69, 9.17) is 11.6 Å².